The van der Waals surface area contributed by atoms with Gasteiger partial charge in [-0.25, -0.2) is 23.7 Å². The van der Waals surface area contributed by atoms with Gasteiger partial charge in [0.2, 0.25) is 0 Å². The lowest BCUT2D eigenvalue weighted by atomic mass is 10.1. The van der Waals surface area contributed by atoms with Gasteiger partial charge in [0, 0.05) is 41.4 Å². The second kappa shape index (κ2) is 7.99. The number of nitrogens with zero attached hydrogens (tertiary/aromatic N) is 5. The molecule has 5 aromatic rings. The first-order chi connectivity index (χ1) is 15.5. The maximum Gasteiger partial charge on any atom is 0.166 e. The van der Waals surface area contributed by atoms with Crippen molar-refractivity contribution >= 4 is 27.9 Å². The van der Waals surface area contributed by atoms with Crippen molar-refractivity contribution in [1.82, 2.24) is 29.5 Å². The van der Waals surface area contributed by atoms with E-state index < -0.39 is 5.82 Å². The topological polar surface area (TPSA) is 84.3 Å². The lowest BCUT2D eigenvalue weighted by Crippen LogP contribution is -2.09. The lowest BCUT2D eigenvalue weighted by Gasteiger charge is -2.11. The van der Waals surface area contributed by atoms with E-state index in [-0.39, 0.29) is 11.9 Å². The Labute approximate surface area is 182 Å². The minimum absolute atomic E-state index is 0.135. The Balaban J connectivity index is 1.49. The third-order valence-electron chi connectivity index (χ3n) is 5.36. The zero-order chi connectivity index (χ0) is 22.2. The summed E-state index contributed by atoms with van der Waals surface area (Å²) in [5.74, 6) is 0.181. The van der Waals surface area contributed by atoms with Gasteiger partial charge in [-0.15, -0.1) is 0 Å². The molecule has 2 N–H and O–H groups in total. The van der Waals surface area contributed by atoms with Crippen LogP contribution in [-0.4, -0.2) is 36.0 Å². The fourth-order valence-electron chi connectivity index (χ4n) is 3.80. The molecule has 0 aliphatic rings. The van der Waals surface area contributed by atoms with E-state index in [0.717, 1.165) is 17.3 Å². The number of hydrogen-bond acceptors (Lipinski definition) is 5. The average molecular weight is 433 g/mol. The van der Waals surface area contributed by atoms with E-state index in [4.69, 9.17) is 0 Å². The van der Waals surface area contributed by atoms with Crippen molar-refractivity contribution in [3.8, 4) is 11.4 Å². The summed E-state index contributed by atoms with van der Waals surface area (Å²) in [6.45, 7) is 4.57. The Hall–Kier alpha value is -3.88. The van der Waals surface area contributed by atoms with Crippen LogP contribution in [0.5, 0.6) is 0 Å². The summed E-state index contributed by atoms with van der Waals surface area (Å²) in [4.78, 5) is 20.7. The number of imidazole rings is 1. The highest BCUT2D eigenvalue weighted by Gasteiger charge is 2.17. The molecule has 0 spiro atoms. The van der Waals surface area contributed by atoms with Gasteiger partial charge in [-0.3, -0.25) is 4.98 Å². The third-order valence-corrected chi connectivity index (χ3v) is 5.36. The maximum atomic E-state index is 14.3. The zero-order valence-corrected chi connectivity index (χ0v) is 17.6. The van der Waals surface area contributed by atoms with Gasteiger partial charge in [-0.2, -0.15) is 0 Å². The summed E-state index contributed by atoms with van der Waals surface area (Å²) in [6.07, 6.45) is 6.78. The quantitative estimate of drug-likeness (QED) is 0.399. The van der Waals surface area contributed by atoms with Crippen LogP contribution in [0.15, 0.2) is 49.2 Å². The molecule has 4 heterocycles. The first-order valence-corrected chi connectivity index (χ1v) is 10.3. The van der Waals surface area contributed by atoms with Crippen LogP contribution >= 0.6 is 0 Å². The minimum atomic E-state index is -0.459. The normalized spacial score (nSPS) is 11.7. The van der Waals surface area contributed by atoms with Gasteiger partial charge in [0.25, 0.3) is 0 Å². The molecule has 0 bridgehead atoms. The molecule has 1 aromatic carbocycles. The van der Waals surface area contributed by atoms with Gasteiger partial charge in [-0.1, -0.05) is 6.07 Å². The molecule has 9 heteroatoms. The van der Waals surface area contributed by atoms with Crippen LogP contribution < -0.4 is 5.32 Å². The smallest absolute Gasteiger partial charge is 0.166 e. The highest BCUT2D eigenvalue weighted by atomic mass is 19.1. The predicted molar refractivity (Wildman–Crippen MR) is 119 cm³/mol. The van der Waals surface area contributed by atoms with Gasteiger partial charge < -0.3 is 14.9 Å². The maximum absolute atomic E-state index is 14.3. The Kier molecular flexibility index (Phi) is 5.01. The standard InChI is InChI=1S/C23H21F2N7/c1-13(2)32-12-29-20-22(30-21(31-23(20)32)15-8-16(24)11-26-9-15)27-7-6-14-10-28-18-5-3-4-17(25)19(14)18/h3-5,8-13,28H,6-7H2,1-2H3,(H,27,30,31). The van der Waals surface area contributed by atoms with E-state index in [1.807, 2.05) is 30.7 Å². The Morgan fingerprint density at radius 3 is 2.84 bits per heavy atom. The summed E-state index contributed by atoms with van der Waals surface area (Å²) < 4.78 is 30.0. The molecule has 0 atom stereocenters. The molecular weight excluding hydrogens is 412 g/mol. The van der Waals surface area contributed by atoms with Crippen molar-refractivity contribution in [2.24, 2.45) is 0 Å². The second-order valence-electron chi connectivity index (χ2n) is 7.86. The number of fused-ring (bicyclic) bond motifs is 2. The number of halogens is 2. The highest BCUT2D eigenvalue weighted by Crippen LogP contribution is 2.27. The average Bonchev–Trinajstić information content (AvgIpc) is 3.39. The first-order valence-electron chi connectivity index (χ1n) is 10.3. The van der Waals surface area contributed by atoms with E-state index in [2.05, 4.69) is 30.2 Å². The van der Waals surface area contributed by atoms with Crippen molar-refractivity contribution in [1.29, 1.82) is 0 Å². The van der Waals surface area contributed by atoms with Crippen molar-refractivity contribution < 1.29 is 8.78 Å². The number of benzene rings is 1. The molecule has 0 amide bonds. The van der Waals surface area contributed by atoms with E-state index in [9.17, 15) is 8.78 Å². The number of anilines is 1. The fourth-order valence-corrected chi connectivity index (χ4v) is 3.80. The summed E-state index contributed by atoms with van der Waals surface area (Å²) in [5.41, 5.74) is 3.39. The highest BCUT2D eigenvalue weighted by molar-refractivity contribution is 5.86. The zero-order valence-electron chi connectivity index (χ0n) is 17.6. The number of aromatic amines is 1. The molecule has 0 fully saturated rings. The van der Waals surface area contributed by atoms with Crippen LogP contribution in [0.2, 0.25) is 0 Å². The number of rotatable bonds is 6. The number of H-pyrrole nitrogens is 1. The van der Waals surface area contributed by atoms with Gasteiger partial charge in [0.1, 0.15) is 17.2 Å². The van der Waals surface area contributed by atoms with Crippen LogP contribution in [0.4, 0.5) is 14.6 Å². The number of nitrogens with one attached hydrogen (secondary N) is 2. The van der Waals surface area contributed by atoms with E-state index in [1.54, 1.807) is 12.4 Å². The van der Waals surface area contributed by atoms with Crippen molar-refractivity contribution in [2.45, 2.75) is 26.3 Å². The van der Waals surface area contributed by atoms with Crippen LogP contribution in [0.3, 0.4) is 0 Å². The molecular formula is C23H21F2N7. The molecule has 162 valence electrons. The summed E-state index contributed by atoms with van der Waals surface area (Å²) in [5, 5.41) is 3.90. The lowest BCUT2D eigenvalue weighted by molar-refractivity contribution is 0.612. The molecule has 0 unspecified atom stereocenters. The molecule has 0 radical (unpaired) electrons. The Morgan fingerprint density at radius 2 is 2.03 bits per heavy atom. The summed E-state index contributed by atoms with van der Waals surface area (Å²) in [6, 6.07) is 6.47. The molecule has 5 rings (SSSR count). The van der Waals surface area contributed by atoms with Gasteiger partial charge in [0.15, 0.2) is 17.3 Å². The Morgan fingerprint density at radius 1 is 1.16 bits per heavy atom. The SMILES string of the molecule is CC(C)n1cnc2c(NCCc3c[nH]c4cccc(F)c34)nc(-c3cncc(F)c3)nc21. The summed E-state index contributed by atoms with van der Waals surface area (Å²) >= 11 is 0. The van der Waals surface area contributed by atoms with Gasteiger partial charge in [-0.05, 0) is 44.0 Å². The predicted octanol–water partition coefficient (Wildman–Crippen LogP) is 4.88. The Bertz CT molecular complexity index is 1420. The van der Waals surface area contributed by atoms with Gasteiger partial charge in [0.05, 0.1) is 12.5 Å². The number of hydrogen-bond donors (Lipinski definition) is 2. The monoisotopic (exact) mass is 433 g/mol. The number of aromatic nitrogens is 6. The van der Waals surface area contributed by atoms with Crippen molar-refractivity contribution in [2.75, 3.05) is 11.9 Å². The molecule has 7 nitrogen and oxygen atoms in total. The van der Waals surface area contributed by atoms with E-state index >= 15 is 0 Å². The molecule has 0 aliphatic carbocycles. The van der Waals surface area contributed by atoms with Crippen LogP contribution in [0.1, 0.15) is 25.5 Å². The number of pyridine rings is 1. The van der Waals surface area contributed by atoms with E-state index in [1.165, 1.54) is 18.3 Å². The minimum Gasteiger partial charge on any atom is -0.368 e. The van der Waals surface area contributed by atoms with Crippen molar-refractivity contribution in [3.63, 3.8) is 0 Å². The third kappa shape index (κ3) is 3.55. The molecule has 0 saturated carbocycles. The van der Waals surface area contributed by atoms with Gasteiger partial charge >= 0.3 is 0 Å². The molecule has 0 aliphatic heterocycles. The first kappa shape index (κ1) is 20.0. The fraction of sp³-hybridized carbons (Fsp3) is 0.217. The van der Waals surface area contributed by atoms with Crippen LogP contribution in [0.25, 0.3) is 33.5 Å². The summed E-state index contributed by atoms with van der Waals surface area (Å²) in [7, 11) is 0. The molecule has 4 aromatic heterocycles. The largest absolute Gasteiger partial charge is 0.368 e. The van der Waals surface area contributed by atoms with Crippen molar-refractivity contribution in [3.05, 3.63) is 66.4 Å². The van der Waals surface area contributed by atoms with Crippen LogP contribution in [-0.2, 0) is 6.42 Å². The molecule has 32 heavy (non-hydrogen) atoms. The van der Waals surface area contributed by atoms with Crippen LogP contribution in [0, 0.1) is 11.6 Å². The second-order valence-corrected chi connectivity index (χ2v) is 7.86. The van der Waals surface area contributed by atoms with E-state index in [0.29, 0.717) is 46.7 Å². The molecule has 0 saturated heterocycles.